The van der Waals surface area contributed by atoms with E-state index in [2.05, 4.69) is 5.32 Å². The molecule has 9 heteroatoms. The number of carbonyl (C=O) groups is 4. The molecule has 0 spiro atoms. The largest absolute Gasteiger partial charge is 0.484 e. The summed E-state index contributed by atoms with van der Waals surface area (Å²) in [5.74, 6) is -1.50. The first kappa shape index (κ1) is 25.0. The highest BCUT2D eigenvalue weighted by Gasteiger charge is 2.61. The maximum absolute atomic E-state index is 13.4. The Labute approximate surface area is 219 Å². The predicted octanol–water partition coefficient (Wildman–Crippen LogP) is 2.29. The lowest BCUT2D eigenvalue weighted by molar-refractivity contribution is -0.167. The van der Waals surface area contributed by atoms with Gasteiger partial charge in [-0.25, -0.2) is 4.79 Å². The lowest BCUT2D eigenvalue weighted by Gasteiger charge is -2.43. The quantitative estimate of drug-likeness (QED) is 0.366. The van der Waals surface area contributed by atoms with E-state index in [4.69, 9.17) is 9.47 Å². The zero-order valence-corrected chi connectivity index (χ0v) is 20.8. The summed E-state index contributed by atoms with van der Waals surface area (Å²) in [5, 5.41) is 2.69. The van der Waals surface area contributed by atoms with E-state index in [1.165, 1.54) is 9.80 Å². The molecule has 2 unspecified atom stereocenters. The Kier molecular flexibility index (Phi) is 7.08. The van der Waals surface area contributed by atoms with Crippen molar-refractivity contribution in [3.8, 4) is 5.75 Å². The summed E-state index contributed by atoms with van der Waals surface area (Å²) in [4.78, 5) is 55.0. The van der Waals surface area contributed by atoms with Crippen LogP contribution in [0.5, 0.6) is 5.75 Å². The molecule has 9 nitrogen and oxygen atoms in total. The van der Waals surface area contributed by atoms with Crippen molar-refractivity contribution < 1.29 is 28.7 Å². The molecule has 0 saturated carbocycles. The van der Waals surface area contributed by atoms with Gasteiger partial charge in [-0.3, -0.25) is 14.4 Å². The van der Waals surface area contributed by atoms with Crippen molar-refractivity contribution in [3.05, 3.63) is 102 Å². The molecule has 0 bridgehead atoms. The molecule has 3 aromatic carbocycles. The van der Waals surface area contributed by atoms with Gasteiger partial charge in [-0.2, -0.15) is 0 Å². The van der Waals surface area contributed by atoms with Crippen LogP contribution < -0.4 is 10.1 Å². The Morgan fingerprint density at radius 2 is 1.58 bits per heavy atom. The van der Waals surface area contributed by atoms with Crippen LogP contribution in [-0.2, 0) is 25.7 Å². The third kappa shape index (κ3) is 5.08. The molecular formula is C29H27N3O6. The maximum Gasteiger partial charge on any atom is 0.350 e. The number of nitrogens with one attached hydrogen (secondary N) is 1. The van der Waals surface area contributed by atoms with Gasteiger partial charge in [0.05, 0.1) is 6.04 Å². The minimum atomic E-state index is -1.22. The molecule has 3 amide bonds. The first-order valence-electron chi connectivity index (χ1n) is 12.3. The highest BCUT2D eigenvalue weighted by atomic mass is 16.5. The molecule has 0 aliphatic carbocycles. The minimum Gasteiger partial charge on any atom is -0.484 e. The number of para-hydroxylation sites is 1. The molecule has 0 radical (unpaired) electrons. The van der Waals surface area contributed by atoms with Crippen LogP contribution in [0.1, 0.15) is 21.5 Å². The molecule has 2 saturated heterocycles. The van der Waals surface area contributed by atoms with Gasteiger partial charge >= 0.3 is 5.97 Å². The fraction of sp³-hybridized carbons (Fsp3) is 0.241. The summed E-state index contributed by atoms with van der Waals surface area (Å²) in [7, 11) is 0. The number of β-lactam (4-membered cyclic amide) rings is 1. The van der Waals surface area contributed by atoms with Gasteiger partial charge in [0.1, 0.15) is 18.4 Å². The lowest BCUT2D eigenvalue weighted by Crippen LogP contribution is -2.71. The molecule has 3 aromatic rings. The van der Waals surface area contributed by atoms with E-state index in [1.54, 1.807) is 36.4 Å². The molecule has 2 aliphatic rings. The molecule has 5 rings (SSSR count). The lowest BCUT2D eigenvalue weighted by atomic mass is 9.96. The first-order valence-corrected chi connectivity index (χ1v) is 12.3. The molecule has 1 N–H and O–H groups in total. The summed E-state index contributed by atoms with van der Waals surface area (Å²) >= 11 is 0. The van der Waals surface area contributed by atoms with E-state index in [0.717, 1.165) is 11.1 Å². The number of esters is 1. The molecule has 194 valence electrons. The number of fused-ring (bicyclic) bond motifs is 1. The maximum atomic E-state index is 13.4. The highest BCUT2D eigenvalue weighted by Crippen LogP contribution is 2.34. The summed E-state index contributed by atoms with van der Waals surface area (Å²) < 4.78 is 11.0. The van der Waals surface area contributed by atoms with Gasteiger partial charge in [-0.15, -0.1) is 0 Å². The normalized spacial score (nSPS) is 19.8. The van der Waals surface area contributed by atoms with Crippen LogP contribution in [0.4, 0.5) is 0 Å². The van der Waals surface area contributed by atoms with Crippen LogP contribution in [0.3, 0.4) is 0 Å². The van der Waals surface area contributed by atoms with Gasteiger partial charge in [-0.1, -0.05) is 66.2 Å². The van der Waals surface area contributed by atoms with E-state index >= 15 is 0 Å². The zero-order valence-electron chi connectivity index (χ0n) is 20.8. The number of benzene rings is 3. The van der Waals surface area contributed by atoms with Crippen LogP contribution in [-0.4, -0.2) is 64.9 Å². The van der Waals surface area contributed by atoms with E-state index in [-0.39, 0.29) is 19.8 Å². The smallest absolute Gasteiger partial charge is 0.350 e. The Bertz CT molecular complexity index is 1330. The summed E-state index contributed by atoms with van der Waals surface area (Å²) in [6.45, 7) is 1.72. The summed E-state index contributed by atoms with van der Waals surface area (Å²) in [5.41, 5.74) is 2.16. The fourth-order valence-corrected chi connectivity index (χ4v) is 4.65. The van der Waals surface area contributed by atoms with E-state index < -0.39 is 41.9 Å². The molecular weight excluding hydrogens is 486 g/mol. The fourth-order valence-electron chi connectivity index (χ4n) is 4.65. The van der Waals surface area contributed by atoms with Gasteiger partial charge in [0.25, 0.3) is 11.8 Å². The topological polar surface area (TPSA) is 105 Å². The highest BCUT2D eigenvalue weighted by molar-refractivity contribution is 6.02. The second kappa shape index (κ2) is 10.8. The van der Waals surface area contributed by atoms with E-state index in [1.807, 2.05) is 55.5 Å². The summed E-state index contributed by atoms with van der Waals surface area (Å²) in [6.07, 6.45) is -1.22. The number of hydrogen-bond donors (Lipinski definition) is 1. The Morgan fingerprint density at radius 1 is 0.921 bits per heavy atom. The Hall–Kier alpha value is -4.66. The van der Waals surface area contributed by atoms with E-state index in [0.29, 0.717) is 11.3 Å². The van der Waals surface area contributed by atoms with Crippen molar-refractivity contribution in [1.82, 2.24) is 15.1 Å². The summed E-state index contributed by atoms with van der Waals surface area (Å²) in [6, 6.07) is 23.5. The van der Waals surface area contributed by atoms with E-state index in [9.17, 15) is 19.2 Å². The van der Waals surface area contributed by atoms with Crippen molar-refractivity contribution in [2.24, 2.45) is 0 Å². The number of ether oxygens (including phenoxy) is 2. The van der Waals surface area contributed by atoms with Crippen LogP contribution in [0.2, 0.25) is 0 Å². The van der Waals surface area contributed by atoms with Gasteiger partial charge in [0, 0.05) is 12.1 Å². The standard InChI is InChI=1S/C29H27N3O6/c1-19-12-14-21(15-13-19)27(34)31-16-23-25(30-24(33)18-37-22-10-6-3-7-11-22)28(35)32(23)26(31)29(36)38-17-20-8-4-2-5-9-20/h2-15,23,25-26H,16-18H2,1H3,(H,30,33)/t23?,25-,26?/m1/s1. The molecule has 38 heavy (non-hydrogen) atoms. The zero-order chi connectivity index (χ0) is 26.6. The number of hydrogen-bond acceptors (Lipinski definition) is 6. The van der Waals surface area contributed by atoms with Gasteiger partial charge in [0.2, 0.25) is 12.1 Å². The minimum absolute atomic E-state index is 0.00637. The average molecular weight is 514 g/mol. The molecule has 2 heterocycles. The van der Waals surface area contributed by atoms with Gasteiger partial charge in [0.15, 0.2) is 6.61 Å². The second-order valence-corrected chi connectivity index (χ2v) is 9.25. The third-order valence-corrected chi connectivity index (χ3v) is 6.63. The third-order valence-electron chi connectivity index (χ3n) is 6.63. The van der Waals surface area contributed by atoms with Crippen molar-refractivity contribution in [3.63, 3.8) is 0 Å². The predicted molar refractivity (Wildman–Crippen MR) is 137 cm³/mol. The first-order chi connectivity index (χ1) is 18.4. The molecule has 2 aliphatic heterocycles. The number of amides is 3. The van der Waals surface area contributed by atoms with Gasteiger partial charge < -0.3 is 24.6 Å². The van der Waals surface area contributed by atoms with Crippen molar-refractivity contribution in [1.29, 1.82) is 0 Å². The van der Waals surface area contributed by atoms with Gasteiger partial charge in [-0.05, 0) is 36.8 Å². The van der Waals surface area contributed by atoms with Crippen LogP contribution >= 0.6 is 0 Å². The Morgan fingerprint density at radius 3 is 2.26 bits per heavy atom. The van der Waals surface area contributed by atoms with Crippen LogP contribution in [0.25, 0.3) is 0 Å². The average Bonchev–Trinajstić information content (AvgIpc) is 3.31. The van der Waals surface area contributed by atoms with Crippen LogP contribution in [0.15, 0.2) is 84.9 Å². The number of carbonyl (C=O) groups excluding carboxylic acids is 4. The molecule has 3 atom stereocenters. The van der Waals surface area contributed by atoms with Crippen LogP contribution in [0, 0.1) is 6.92 Å². The second-order valence-electron chi connectivity index (χ2n) is 9.25. The van der Waals surface area contributed by atoms with Crippen molar-refractivity contribution >= 4 is 23.7 Å². The number of nitrogens with zero attached hydrogens (tertiary/aromatic N) is 2. The number of rotatable bonds is 8. The SMILES string of the molecule is Cc1ccc(C(=O)N2CC3[C@@H](NC(=O)COc4ccccc4)C(=O)N3C2C(=O)OCc2ccccc2)cc1. The molecule has 2 fully saturated rings. The Balaban J connectivity index is 1.30. The molecule has 0 aromatic heterocycles. The van der Waals surface area contributed by atoms with Crippen molar-refractivity contribution in [2.45, 2.75) is 31.8 Å². The monoisotopic (exact) mass is 513 g/mol. The van der Waals surface area contributed by atoms with Crippen molar-refractivity contribution in [2.75, 3.05) is 13.2 Å². The number of aryl methyl sites for hydroxylation is 1.